The van der Waals surface area contributed by atoms with Gasteiger partial charge in [-0.15, -0.1) is 0 Å². The molecule has 1 amide bonds. The first-order valence-corrected chi connectivity index (χ1v) is 10.1. The number of nitrogens with zero attached hydrogens (tertiary/aromatic N) is 2. The molecule has 0 aliphatic heterocycles. The molecular formula is C23H22F3N3O5. The number of rotatable bonds is 8. The summed E-state index contributed by atoms with van der Waals surface area (Å²) >= 11 is 0. The van der Waals surface area contributed by atoms with E-state index in [0.29, 0.717) is 5.75 Å². The maximum atomic E-state index is 13.0. The number of hydrogen-bond acceptors (Lipinski definition) is 6. The van der Waals surface area contributed by atoms with Crippen LogP contribution in [-0.2, 0) is 22.3 Å². The minimum absolute atomic E-state index is 0.0240. The standard InChI is InChI=1S/C23H22F3N3O5/c1-14(21(30)27-12-15-7-4-5-10-18(15)32-2)34-22(31)20-19(33-3)13-29(28-20)17-9-6-8-16(11-17)23(24,25)26/h4-11,13-14H,12H2,1-3H3,(H,27,30). The van der Waals surface area contributed by atoms with Gasteiger partial charge in [0, 0.05) is 12.1 Å². The summed E-state index contributed by atoms with van der Waals surface area (Å²) in [5.74, 6) is -0.959. The summed E-state index contributed by atoms with van der Waals surface area (Å²) < 4.78 is 55.7. The molecule has 2 aromatic carbocycles. The Hall–Kier alpha value is -4.02. The molecule has 3 rings (SSSR count). The van der Waals surface area contributed by atoms with E-state index in [-0.39, 0.29) is 23.7 Å². The largest absolute Gasteiger partial charge is 0.496 e. The lowest BCUT2D eigenvalue weighted by atomic mass is 10.2. The van der Waals surface area contributed by atoms with Gasteiger partial charge in [-0.3, -0.25) is 4.79 Å². The molecule has 0 saturated heterocycles. The molecule has 1 atom stereocenters. The van der Waals surface area contributed by atoms with Crippen LogP contribution in [0, 0.1) is 0 Å². The monoisotopic (exact) mass is 477 g/mol. The van der Waals surface area contributed by atoms with Gasteiger partial charge in [-0.1, -0.05) is 24.3 Å². The molecule has 0 bridgehead atoms. The summed E-state index contributed by atoms with van der Waals surface area (Å²) in [6.07, 6.45) is -4.47. The molecule has 0 radical (unpaired) electrons. The molecule has 0 spiro atoms. The molecule has 11 heteroatoms. The van der Waals surface area contributed by atoms with Gasteiger partial charge in [0.15, 0.2) is 11.9 Å². The van der Waals surface area contributed by atoms with Crippen LogP contribution in [0.5, 0.6) is 11.5 Å². The van der Waals surface area contributed by atoms with Crippen molar-refractivity contribution in [3.63, 3.8) is 0 Å². The number of methoxy groups -OCH3 is 2. The molecule has 1 unspecified atom stereocenters. The van der Waals surface area contributed by atoms with Crippen molar-refractivity contribution in [2.45, 2.75) is 25.7 Å². The van der Waals surface area contributed by atoms with Crippen molar-refractivity contribution in [1.82, 2.24) is 15.1 Å². The third-order valence-corrected chi connectivity index (χ3v) is 4.83. The lowest BCUT2D eigenvalue weighted by Crippen LogP contribution is -2.35. The lowest BCUT2D eigenvalue weighted by molar-refractivity contribution is -0.137. The molecule has 0 aliphatic carbocycles. The fourth-order valence-electron chi connectivity index (χ4n) is 3.05. The highest BCUT2D eigenvalue weighted by atomic mass is 19.4. The lowest BCUT2D eigenvalue weighted by Gasteiger charge is -2.14. The Bertz CT molecular complexity index is 1180. The predicted molar refractivity (Wildman–Crippen MR) is 115 cm³/mol. The molecule has 0 aliphatic rings. The van der Waals surface area contributed by atoms with Crippen LogP contribution >= 0.6 is 0 Å². The highest BCUT2D eigenvalue weighted by Gasteiger charge is 2.31. The molecule has 1 N–H and O–H groups in total. The van der Waals surface area contributed by atoms with Crippen LogP contribution in [0.2, 0.25) is 0 Å². The fraction of sp³-hybridized carbons (Fsp3) is 0.261. The third kappa shape index (κ3) is 5.66. The SMILES string of the molecule is COc1ccccc1CNC(=O)C(C)OC(=O)c1nn(-c2cccc(C(F)(F)F)c2)cc1OC. The van der Waals surface area contributed by atoms with Gasteiger partial charge >= 0.3 is 12.1 Å². The number of carbonyl (C=O) groups is 2. The average molecular weight is 477 g/mol. The van der Waals surface area contributed by atoms with Crippen LogP contribution in [0.25, 0.3) is 5.69 Å². The Labute approximate surface area is 193 Å². The molecule has 1 heterocycles. The molecule has 3 aromatic rings. The van der Waals surface area contributed by atoms with Gasteiger partial charge in [0.1, 0.15) is 5.75 Å². The van der Waals surface area contributed by atoms with Gasteiger partial charge in [0.2, 0.25) is 5.69 Å². The zero-order chi connectivity index (χ0) is 24.9. The fourth-order valence-corrected chi connectivity index (χ4v) is 3.05. The van der Waals surface area contributed by atoms with E-state index in [0.717, 1.165) is 22.4 Å². The Morgan fingerprint density at radius 2 is 1.76 bits per heavy atom. The van der Waals surface area contributed by atoms with Crippen molar-refractivity contribution in [1.29, 1.82) is 0 Å². The molecule has 180 valence electrons. The summed E-state index contributed by atoms with van der Waals surface area (Å²) in [4.78, 5) is 25.0. The highest BCUT2D eigenvalue weighted by Crippen LogP contribution is 2.31. The molecule has 0 saturated carbocycles. The zero-order valence-corrected chi connectivity index (χ0v) is 18.6. The Morgan fingerprint density at radius 3 is 2.44 bits per heavy atom. The molecule has 34 heavy (non-hydrogen) atoms. The van der Waals surface area contributed by atoms with Crippen LogP contribution in [0.15, 0.2) is 54.7 Å². The van der Waals surface area contributed by atoms with E-state index >= 15 is 0 Å². The van der Waals surface area contributed by atoms with Gasteiger partial charge in [-0.05, 0) is 31.2 Å². The summed E-state index contributed by atoms with van der Waals surface area (Å²) in [5, 5.41) is 6.66. The van der Waals surface area contributed by atoms with Crippen LogP contribution in [0.3, 0.4) is 0 Å². The third-order valence-electron chi connectivity index (χ3n) is 4.83. The zero-order valence-electron chi connectivity index (χ0n) is 18.6. The number of ether oxygens (including phenoxy) is 3. The minimum Gasteiger partial charge on any atom is -0.496 e. The van der Waals surface area contributed by atoms with Crippen molar-refractivity contribution >= 4 is 11.9 Å². The van der Waals surface area contributed by atoms with E-state index in [1.54, 1.807) is 24.3 Å². The van der Waals surface area contributed by atoms with Gasteiger partial charge in [-0.2, -0.15) is 18.3 Å². The van der Waals surface area contributed by atoms with Gasteiger partial charge < -0.3 is 19.5 Å². The van der Waals surface area contributed by atoms with Crippen LogP contribution < -0.4 is 14.8 Å². The van der Waals surface area contributed by atoms with Crippen molar-refractivity contribution < 1.29 is 37.0 Å². The van der Waals surface area contributed by atoms with Crippen molar-refractivity contribution in [3.05, 3.63) is 71.5 Å². The highest BCUT2D eigenvalue weighted by molar-refractivity contribution is 5.92. The Kier molecular flexibility index (Phi) is 7.44. The Morgan fingerprint density at radius 1 is 1.06 bits per heavy atom. The predicted octanol–water partition coefficient (Wildman–Crippen LogP) is 3.77. The number of alkyl halides is 3. The number of esters is 1. The topological polar surface area (TPSA) is 91.7 Å². The number of nitrogens with one attached hydrogen (secondary N) is 1. The van der Waals surface area contributed by atoms with Gasteiger partial charge in [0.25, 0.3) is 5.91 Å². The molecular weight excluding hydrogens is 455 g/mol. The maximum absolute atomic E-state index is 13.0. The van der Waals surface area contributed by atoms with Gasteiger partial charge in [-0.25, -0.2) is 9.48 Å². The number of para-hydroxylation sites is 1. The van der Waals surface area contributed by atoms with Crippen molar-refractivity contribution in [2.24, 2.45) is 0 Å². The first-order valence-electron chi connectivity index (χ1n) is 10.1. The van der Waals surface area contributed by atoms with E-state index in [2.05, 4.69) is 10.4 Å². The average Bonchev–Trinajstić information content (AvgIpc) is 3.27. The number of aromatic nitrogens is 2. The minimum atomic E-state index is -4.54. The number of hydrogen-bond donors (Lipinski definition) is 1. The number of halogens is 3. The van der Waals surface area contributed by atoms with E-state index in [1.807, 2.05) is 0 Å². The number of carbonyl (C=O) groups excluding carboxylic acids is 2. The number of benzene rings is 2. The van der Waals surface area contributed by atoms with Crippen LogP contribution in [0.4, 0.5) is 13.2 Å². The second kappa shape index (κ2) is 10.3. The summed E-state index contributed by atoms with van der Waals surface area (Å²) in [6, 6.07) is 11.5. The van der Waals surface area contributed by atoms with E-state index < -0.39 is 29.7 Å². The first-order chi connectivity index (χ1) is 16.1. The molecule has 0 fully saturated rings. The van der Waals surface area contributed by atoms with Crippen molar-refractivity contribution in [2.75, 3.05) is 14.2 Å². The summed E-state index contributed by atoms with van der Waals surface area (Å²) in [7, 11) is 2.78. The molecule has 8 nitrogen and oxygen atoms in total. The first kappa shape index (κ1) is 24.6. The van der Waals surface area contributed by atoms with E-state index in [9.17, 15) is 22.8 Å². The normalized spacial score (nSPS) is 12.1. The quantitative estimate of drug-likeness (QED) is 0.497. The van der Waals surface area contributed by atoms with E-state index in [4.69, 9.17) is 14.2 Å². The number of amides is 1. The van der Waals surface area contributed by atoms with Crippen molar-refractivity contribution in [3.8, 4) is 17.2 Å². The second-order valence-electron chi connectivity index (χ2n) is 7.12. The summed E-state index contributed by atoms with van der Waals surface area (Å²) in [5.41, 5.74) is -0.360. The van der Waals surface area contributed by atoms with E-state index in [1.165, 1.54) is 39.5 Å². The van der Waals surface area contributed by atoms with Crippen LogP contribution in [-0.4, -0.2) is 42.0 Å². The smallest absolute Gasteiger partial charge is 0.416 e. The second-order valence-corrected chi connectivity index (χ2v) is 7.12. The van der Waals surface area contributed by atoms with Gasteiger partial charge in [0.05, 0.1) is 31.7 Å². The Balaban J connectivity index is 1.71. The molecule has 1 aromatic heterocycles. The maximum Gasteiger partial charge on any atom is 0.416 e. The summed E-state index contributed by atoms with van der Waals surface area (Å²) in [6.45, 7) is 1.53. The van der Waals surface area contributed by atoms with Crippen LogP contribution in [0.1, 0.15) is 28.5 Å².